The van der Waals surface area contributed by atoms with Gasteiger partial charge in [-0.15, -0.1) is 0 Å². The van der Waals surface area contributed by atoms with E-state index in [1.807, 2.05) is 19.1 Å². The number of carboxylic acid groups (broad SMARTS) is 1. The largest absolute Gasteiger partial charge is 0.481 e. The van der Waals surface area contributed by atoms with Gasteiger partial charge in [0.2, 0.25) is 0 Å². The molecule has 2 rings (SSSR count). The lowest BCUT2D eigenvalue weighted by Gasteiger charge is -2.11. The van der Waals surface area contributed by atoms with Gasteiger partial charge in [-0.2, -0.15) is 0 Å². The van der Waals surface area contributed by atoms with Crippen molar-refractivity contribution < 1.29 is 19.1 Å². The van der Waals surface area contributed by atoms with Crippen molar-refractivity contribution in [3.05, 3.63) is 47.2 Å². The second-order valence-corrected chi connectivity index (χ2v) is 5.58. The van der Waals surface area contributed by atoms with Crippen LogP contribution < -0.4 is 5.32 Å². The van der Waals surface area contributed by atoms with Gasteiger partial charge in [0.05, 0.1) is 10.9 Å². The first-order valence-corrected chi connectivity index (χ1v) is 7.76. The van der Waals surface area contributed by atoms with Crippen LogP contribution in [-0.4, -0.2) is 23.5 Å². The van der Waals surface area contributed by atoms with E-state index in [9.17, 15) is 9.59 Å². The second-order valence-electron chi connectivity index (χ2n) is 5.18. The monoisotopic (exact) mass is 335 g/mol. The van der Waals surface area contributed by atoms with E-state index < -0.39 is 17.8 Å². The van der Waals surface area contributed by atoms with Gasteiger partial charge < -0.3 is 14.8 Å². The SMILES string of the molecule is CCCC(CNC(=O)c1ccc(-c2ccccc2Cl)o1)C(=O)O. The van der Waals surface area contributed by atoms with Crippen molar-refractivity contribution >= 4 is 23.5 Å². The third-order valence-corrected chi connectivity index (χ3v) is 3.79. The van der Waals surface area contributed by atoms with Gasteiger partial charge >= 0.3 is 5.97 Å². The minimum absolute atomic E-state index is 0.0735. The Morgan fingerprint density at radius 1 is 1.26 bits per heavy atom. The molecule has 2 N–H and O–H groups in total. The third-order valence-electron chi connectivity index (χ3n) is 3.46. The molecule has 0 saturated heterocycles. The van der Waals surface area contributed by atoms with Crippen LogP contribution >= 0.6 is 11.6 Å². The topological polar surface area (TPSA) is 79.5 Å². The summed E-state index contributed by atoms with van der Waals surface area (Å²) in [5.74, 6) is -1.33. The fourth-order valence-electron chi connectivity index (χ4n) is 2.23. The number of nitrogens with one attached hydrogen (secondary N) is 1. The Kier molecular flexibility index (Phi) is 5.82. The molecule has 0 saturated carbocycles. The molecule has 0 radical (unpaired) electrons. The first-order chi connectivity index (χ1) is 11.0. The molecule has 122 valence electrons. The molecule has 0 aliphatic rings. The van der Waals surface area contributed by atoms with Gasteiger partial charge in [0.15, 0.2) is 5.76 Å². The third kappa shape index (κ3) is 4.36. The van der Waals surface area contributed by atoms with E-state index in [0.717, 1.165) is 6.42 Å². The number of rotatable bonds is 7. The molecule has 1 unspecified atom stereocenters. The van der Waals surface area contributed by atoms with Crippen molar-refractivity contribution in [2.45, 2.75) is 19.8 Å². The van der Waals surface area contributed by atoms with Crippen LogP contribution in [0.2, 0.25) is 5.02 Å². The van der Waals surface area contributed by atoms with Crippen molar-refractivity contribution in [1.29, 1.82) is 0 Å². The Balaban J connectivity index is 2.04. The minimum Gasteiger partial charge on any atom is -0.481 e. The molecule has 6 heteroatoms. The summed E-state index contributed by atoms with van der Waals surface area (Å²) in [4.78, 5) is 23.2. The van der Waals surface area contributed by atoms with Crippen LogP contribution in [0.3, 0.4) is 0 Å². The molecule has 1 aromatic carbocycles. The summed E-state index contributed by atoms with van der Waals surface area (Å²) in [6.07, 6.45) is 1.25. The summed E-state index contributed by atoms with van der Waals surface area (Å²) in [5.41, 5.74) is 0.697. The smallest absolute Gasteiger partial charge is 0.308 e. The number of hydrogen-bond acceptors (Lipinski definition) is 3. The zero-order valence-electron chi connectivity index (χ0n) is 12.7. The number of carbonyl (C=O) groups excluding carboxylic acids is 1. The predicted octanol–water partition coefficient (Wildman–Crippen LogP) is 3.83. The molecule has 1 atom stereocenters. The molecular weight excluding hydrogens is 318 g/mol. The van der Waals surface area contributed by atoms with Crippen molar-refractivity contribution in [1.82, 2.24) is 5.32 Å². The number of amides is 1. The van der Waals surface area contributed by atoms with Gasteiger partial charge in [-0.3, -0.25) is 9.59 Å². The number of carboxylic acids is 1. The summed E-state index contributed by atoms with van der Waals surface area (Å²) in [6, 6.07) is 10.4. The lowest BCUT2D eigenvalue weighted by molar-refractivity contribution is -0.141. The Hall–Kier alpha value is -2.27. The first kappa shape index (κ1) is 17.1. The number of halogens is 1. The van der Waals surface area contributed by atoms with Crippen molar-refractivity contribution in [3.8, 4) is 11.3 Å². The Bertz CT molecular complexity index is 695. The molecule has 1 aromatic heterocycles. The maximum atomic E-state index is 12.1. The molecule has 0 bridgehead atoms. The zero-order chi connectivity index (χ0) is 16.8. The van der Waals surface area contributed by atoms with E-state index in [2.05, 4.69) is 5.32 Å². The highest BCUT2D eigenvalue weighted by molar-refractivity contribution is 6.33. The predicted molar refractivity (Wildman–Crippen MR) is 87.5 cm³/mol. The highest BCUT2D eigenvalue weighted by Crippen LogP contribution is 2.28. The lowest BCUT2D eigenvalue weighted by atomic mass is 10.0. The molecule has 0 aliphatic carbocycles. The summed E-state index contributed by atoms with van der Waals surface area (Å²) >= 11 is 6.09. The maximum Gasteiger partial charge on any atom is 0.308 e. The number of benzene rings is 1. The number of carbonyl (C=O) groups is 2. The Morgan fingerprint density at radius 2 is 2.00 bits per heavy atom. The zero-order valence-corrected chi connectivity index (χ0v) is 13.5. The van der Waals surface area contributed by atoms with Gasteiger partial charge in [-0.05, 0) is 30.7 Å². The fourth-order valence-corrected chi connectivity index (χ4v) is 2.46. The van der Waals surface area contributed by atoms with Gasteiger partial charge in [0.1, 0.15) is 5.76 Å². The van der Waals surface area contributed by atoms with E-state index in [-0.39, 0.29) is 12.3 Å². The molecule has 1 heterocycles. The highest BCUT2D eigenvalue weighted by Gasteiger charge is 2.19. The van der Waals surface area contributed by atoms with Gasteiger partial charge in [0, 0.05) is 12.1 Å². The highest BCUT2D eigenvalue weighted by atomic mass is 35.5. The quantitative estimate of drug-likeness (QED) is 0.805. The summed E-state index contributed by atoms with van der Waals surface area (Å²) < 4.78 is 5.52. The first-order valence-electron chi connectivity index (χ1n) is 7.38. The molecule has 0 aliphatic heterocycles. The van der Waals surface area contributed by atoms with Crippen LogP contribution in [0.15, 0.2) is 40.8 Å². The minimum atomic E-state index is -0.914. The van der Waals surface area contributed by atoms with Crippen LogP contribution in [0, 0.1) is 5.92 Å². The van der Waals surface area contributed by atoms with E-state index in [4.69, 9.17) is 21.1 Å². The van der Waals surface area contributed by atoms with Gasteiger partial charge in [-0.25, -0.2) is 0 Å². The van der Waals surface area contributed by atoms with E-state index >= 15 is 0 Å². The molecule has 23 heavy (non-hydrogen) atoms. The molecular formula is C17H18ClNO4. The van der Waals surface area contributed by atoms with Crippen LogP contribution in [0.1, 0.15) is 30.3 Å². The Labute approximate surface area is 139 Å². The van der Waals surface area contributed by atoms with Crippen LogP contribution in [-0.2, 0) is 4.79 Å². The van der Waals surface area contributed by atoms with E-state index in [0.29, 0.717) is 22.8 Å². The van der Waals surface area contributed by atoms with Crippen LogP contribution in [0.5, 0.6) is 0 Å². The van der Waals surface area contributed by atoms with Crippen LogP contribution in [0.4, 0.5) is 0 Å². The number of furan rings is 1. The van der Waals surface area contributed by atoms with Crippen molar-refractivity contribution in [2.75, 3.05) is 6.54 Å². The molecule has 5 nitrogen and oxygen atoms in total. The van der Waals surface area contributed by atoms with Gasteiger partial charge in [-0.1, -0.05) is 37.1 Å². The van der Waals surface area contributed by atoms with Gasteiger partial charge in [0.25, 0.3) is 5.91 Å². The number of aliphatic carboxylic acids is 1. The summed E-state index contributed by atoms with van der Waals surface area (Å²) in [5, 5.41) is 12.2. The Morgan fingerprint density at radius 3 is 2.65 bits per heavy atom. The standard InChI is InChI=1S/C17H18ClNO4/c1-2-5-11(17(21)22)10-19-16(20)15-9-8-14(23-15)12-6-3-4-7-13(12)18/h3-4,6-9,11H,2,5,10H2,1H3,(H,19,20)(H,21,22). The van der Waals surface area contributed by atoms with E-state index in [1.54, 1.807) is 24.3 Å². The molecule has 0 fully saturated rings. The average molecular weight is 336 g/mol. The van der Waals surface area contributed by atoms with E-state index in [1.165, 1.54) is 0 Å². The molecule has 2 aromatic rings. The lowest BCUT2D eigenvalue weighted by Crippen LogP contribution is -2.32. The summed E-state index contributed by atoms with van der Waals surface area (Å²) in [7, 11) is 0. The van der Waals surface area contributed by atoms with Crippen molar-refractivity contribution in [3.63, 3.8) is 0 Å². The number of hydrogen-bond donors (Lipinski definition) is 2. The average Bonchev–Trinajstić information content (AvgIpc) is 3.01. The van der Waals surface area contributed by atoms with Crippen molar-refractivity contribution in [2.24, 2.45) is 5.92 Å². The normalized spacial score (nSPS) is 11.9. The maximum absolute atomic E-state index is 12.1. The summed E-state index contributed by atoms with van der Waals surface area (Å²) in [6.45, 7) is 1.98. The second kappa shape index (κ2) is 7.83. The molecule has 0 spiro atoms. The molecule has 1 amide bonds. The van der Waals surface area contributed by atoms with Crippen LogP contribution in [0.25, 0.3) is 11.3 Å². The fraction of sp³-hybridized carbons (Fsp3) is 0.294.